The van der Waals surface area contributed by atoms with Gasteiger partial charge in [-0.2, -0.15) is 0 Å². The zero-order valence-corrected chi connectivity index (χ0v) is 57.7. The summed E-state index contributed by atoms with van der Waals surface area (Å²) in [6.07, 6.45) is 0. The highest BCUT2D eigenvalue weighted by molar-refractivity contribution is 5.93. The van der Waals surface area contributed by atoms with E-state index in [1.54, 1.807) is 0 Å². The standard InChI is InChI=1S/C88H78N4O8/c1-9-89(10-2)73-33-29-63-47-77(85(93)97-81(63)51-73)59-25-17-21-55(37-59)67-41-68(56-22-18-26-60(38-56)78-48-64-30-34-74(90(11-3)12-4)52-82(64)98-86(78)94)44-71(43-67)72-45-69(57-23-19-27-61(39-57)79-49-65-31-35-75(91(13-5)14-6)53-83(65)99-87(79)95)42-70(46-72)58-24-20-28-62(40-58)80-50-66-32-36-76(92(15-7)16-8)54-84(66)100-88(80)96/h17-54H,9-16H2,1-8H3. The first-order valence-electron chi connectivity index (χ1n) is 34.8. The molecule has 0 aliphatic heterocycles. The van der Waals surface area contributed by atoms with Crippen molar-refractivity contribution in [3.05, 3.63) is 272 Å². The average molecular weight is 1320 g/mol. The van der Waals surface area contributed by atoms with Crippen LogP contribution < -0.4 is 42.1 Å². The maximum atomic E-state index is 14.2. The third kappa shape index (κ3) is 12.9. The van der Waals surface area contributed by atoms with Crippen molar-refractivity contribution < 1.29 is 17.7 Å². The van der Waals surface area contributed by atoms with Crippen LogP contribution in [0.1, 0.15) is 55.4 Å². The number of rotatable bonds is 21. The third-order valence-electron chi connectivity index (χ3n) is 19.6. The molecule has 0 fully saturated rings. The molecule has 0 aliphatic rings. The molecule has 0 saturated carbocycles. The number of benzene rings is 10. The van der Waals surface area contributed by atoms with Crippen molar-refractivity contribution in [2.45, 2.75) is 55.4 Å². The minimum atomic E-state index is -0.440. The fraction of sp³-hybridized carbons (Fsp3) is 0.182. The zero-order valence-electron chi connectivity index (χ0n) is 57.7. The first kappa shape index (κ1) is 65.5. The first-order chi connectivity index (χ1) is 48.7. The van der Waals surface area contributed by atoms with Crippen LogP contribution in [0.4, 0.5) is 22.7 Å². The fourth-order valence-electron chi connectivity index (χ4n) is 14.1. The third-order valence-corrected chi connectivity index (χ3v) is 19.6. The Kier molecular flexibility index (Phi) is 18.3. The topological polar surface area (TPSA) is 134 Å². The Labute approximate surface area is 580 Å². The molecule has 0 radical (unpaired) electrons. The first-order valence-corrected chi connectivity index (χ1v) is 34.8. The van der Waals surface area contributed by atoms with Gasteiger partial charge in [0.15, 0.2) is 0 Å². The van der Waals surface area contributed by atoms with E-state index in [9.17, 15) is 19.2 Å². The molecule has 10 aromatic carbocycles. The Balaban J connectivity index is 0.943. The summed E-state index contributed by atoms with van der Waals surface area (Å²) in [4.78, 5) is 65.6. The monoisotopic (exact) mass is 1320 g/mol. The van der Waals surface area contributed by atoms with Crippen molar-refractivity contribution in [1.82, 2.24) is 0 Å². The van der Waals surface area contributed by atoms with Crippen LogP contribution in [0, 0.1) is 0 Å². The van der Waals surface area contributed by atoms with Crippen molar-refractivity contribution in [1.29, 1.82) is 0 Å². The van der Waals surface area contributed by atoms with Crippen molar-refractivity contribution in [2.75, 3.05) is 72.0 Å². The van der Waals surface area contributed by atoms with Gasteiger partial charge in [-0.1, -0.05) is 72.8 Å². The summed E-state index contributed by atoms with van der Waals surface area (Å²) in [6.45, 7) is 23.4. The highest BCUT2D eigenvalue weighted by Gasteiger charge is 2.20. The van der Waals surface area contributed by atoms with Crippen LogP contribution in [0.2, 0.25) is 0 Å². The Morgan fingerprint density at radius 2 is 0.390 bits per heavy atom. The number of hydrogen-bond donors (Lipinski definition) is 0. The van der Waals surface area contributed by atoms with Gasteiger partial charge >= 0.3 is 22.5 Å². The predicted molar refractivity (Wildman–Crippen MR) is 414 cm³/mol. The summed E-state index contributed by atoms with van der Waals surface area (Å²) >= 11 is 0. The van der Waals surface area contributed by atoms with E-state index in [4.69, 9.17) is 17.7 Å². The number of hydrogen-bond acceptors (Lipinski definition) is 12. The van der Waals surface area contributed by atoms with Gasteiger partial charge in [0.05, 0.1) is 22.3 Å². The summed E-state index contributed by atoms with van der Waals surface area (Å²) in [7, 11) is 0. The lowest BCUT2D eigenvalue weighted by atomic mass is 9.88. The van der Waals surface area contributed by atoms with Gasteiger partial charge in [0.2, 0.25) is 0 Å². The second-order valence-electron chi connectivity index (χ2n) is 25.3. The highest BCUT2D eigenvalue weighted by atomic mass is 16.4. The van der Waals surface area contributed by atoms with Gasteiger partial charge in [0.25, 0.3) is 0 Å². The van der Waals surface area contributed by atoms with Crippen molar-refractivity contribution in [2.24, 2.45) is 0 Å². The molecule has 0 bridgehead atoms. The summed E-state index contributed by atoms with van der Waals surface area (Å²) in [5.74, 6) is 0. The summed E-state index contributed by atoms with van der Waals surface area (Å²) in [5.41, 5.74) is 17.4. The van der Waals surface area contributed by atoms with E-state index < -0.39 is 22.5 Å². The average Bonchev–Trinajstić information content (AvgIpc) is 0.748. The van der Waals surface area contributed by atoms with Gasteiger partial charge in [-0.25, -0.2) is 19.2 Å². The molecular formula is C88H78N4O8. The van der Waals surface area contributed by atoms with E-state index in [0.717, 1.165) is 152 Å². The molecule has 14 rings (SSSR count). The van der Waals surface area contributed by atoms with Crippen LogP contribution in [0.15, 0.2) is 267 Å². The molecule has 0 spiro atoms. The van der Waals surface area contributed by atoms with E-state index in [-0.39, 0.29) is 0 Å². The van der Waals surface area contributed by atoms with E-state index in [1.165, 1.54) is 0 Å². The van der Waals surface area contributed by atoms with Crippen LogP contribution in [0.5, 0.6) is 0 Å². The van der Waals surface area contributed by atoms with Gasteiger partial charge < -0.3 is 37.3 Å². The molecule has 4 heterocycles. The van der Waals surface area contributed by atoms with Crippen LogP contribution >= 0.6 is 0 Å². The van der Waals surface area contributed by atoms with E-state index in [1.807, 2.05) is 170 Å². The zero-order chi connectivity index (χ0) is 69.3. The molecule has 12 heteroatoms. The smallest absolute Gasteiger partial charge is 0.344 e. The molecule has 0 aliphatic carbocycles. The molecule has 0 saturated heterocycles. The van der Waals surface area contributed by atoms with Crippen LogP contribution in [-0.4, -0.2) is 52.4 Å². The van der Waals surface area contributed by atoms with Crippen LogP contribution in [0.3, 0.4) is 0 Å². The Hall–Kier alpha value is -11.8. The normalized spacial score (nSPS) is 11.5. The Morgan fingerprint density at radius 1 is 0.210 bits per heavy atom. The summed E-state index contributed by atoms with van der Waals surface area (Å²) < 4.78 is 24.5. The number of anilines is 4. The predicted octanol–water partition coefficient (Wildman–Crippen LogP) is 20.5. The van der Waals surface area contributed by atoms with Gasteiger partial charge in [0, 0.05) is 121 Å². The second kappa shape index (κ2) is 28.0. The molecule has 0 unspecified atom stereocenters. The molecule has 14 aromatic rings. The van der Waals surface area contributed by atoms with Gasteiger partial charge in [-0.15, -0.1) is 0 Å². The van der Waals surface area contributed by atoms with E-state index >= 15 is 0 Å². The Bertz CT molecular complexity index is 5010. The molecular weight excluding hydrogens is 1240 g/mol. The van der Waals surface area contributed by atoms with Crippen molar-refractivity contribution in [3.63, 3.8) is 0 Å². The minimum Gasteiger partial charge on any atom is -0.422 e. The SMILES string of the molecule is CCN(CC)c1ccc2cc(-c3cccc(-c4cc(-c5cc(-c6cccc(-c7cc8ccc(N(CC)CC)cc8oc7=O)c6)cc(-c6cccc(-c7cc8ccc(N(CC)CC)cc8oc7=O)c6)c5)cc(-c5cccc(-c6cc7ccc(N(CC)CC)cc7oc6=O)c5)c4)c3)c(=O)oc2c1. The maximum absolute atomic E-state index is 14.2. The largest absolute Gasteiger partial charge is 0.422 e. The van der Waals surface area contributed by atoms with E-state index in [0.29, 0.717) is 66.8 Å². The Morgan fingerprint density at radius 3 is 0.590 bits per heavy atom. The van der Waals surface area contributed by atoms with Gasteiger partial charge in [-0.05, 0) is 267 Å². The van der Waals surface area contributed by atoms with Gasteiger partial charge in [-0.3, -0.25) is 0 Å². The van der Waals surface area contributed by atoms with Crippen molar-refractivity contribution >= 4 is 66.6 Å². The minimum absolute atomic E-state index is 0.436. The number of nitrogens with zero attached hydrogens (tertiary/aromatic N) is 4. The lowest BCUT2D eigenvalue weighted by Crippen LogP contribution is -2.21. The molecule has 4 aromatic heterocycles. The molecule has 0 amide bonds. The van der Waals surface area contributed by atoms with Gasteiger partial charge in [0.1, 0.15) is 22.3 Å². The molecule has 0 N–H and O–H groups in total. The summed E-state index contributed by atoms with van der Waals surface area (Å²) in [6, 6.07) is 76.6. The summed E-state index contributed by atoms with van der Waals surface area (Å²) in [5, 5.41) is 3.25. The quantitative estimate of drug-likeness (QED) is 0.0634. The van der Waals surface area contributed by atoms with E-state index in [2.05, 4.69) is 136 Å². The highest BCUT2D eigenvalue weighted by Crippen LogP contribution is 2.41. The van der Waals surface area contributed by atoms with Crippen LogP contribution in [0.25, 0.3) is 144 Å². The second-order valence-corrected chi connectivity index (χ2v) is 25.3. The lowest BCUT2D eigenvalue weighted by molar-refractivity contribution is 0.563. The fourth-order valence-corrected chi connectivity index (χ4v) is 14.1. The molecule has 12 nitrogen and oxygen atoms in total. The lowest BCUT2D eigenvalue weighted by Gasteiger charge is -2.21. The molecule has 100 heavy (non-hydrogen) atoms. The molecule has 0 atom stereocenters. The molecule has 498 valence electrons. The number of fused-ring (bicyclic) bond motifs is 4. The van der Waals surface area contributed by atoms with Crippen LogP contribution in [-0.2, 0) is 0 Å². The van der Waals surface area contributed by atoms with Crippen molar-refractivity contribution in [3.8, 4) is 100 Å². The maximum Gasteiger partial charge on any atom is 0.344 e.